The largest absolute Gasteiger partial charge is 0.380 e. The number of hydrogen-bond acceptors (Lipinski definition) is 2. The van der Waals surface area contributed by atoms with E-state index in [2.05, 4.69) is 11.5 Å². The van der Waals surface area contributed by atoms with Crippen molar-refractivity contribution in [1.82, 2.24) is 4.90 Å². The van der Waals surface area contributed by atoms with Crippen LogP contribution in [0.25, 0.3) is 0 Å². The normalized spacial score (nSPS) is 38.1. The van der Waals surface area contributed by atoms with Crippen LogP contribution < -0.4 is 0 Å². The molecule has 2 aliphatic rings. The summed E-state index contributed by atoms with van der Waals surface area (Å²) in [6, 6.07) is 0.743. The highest BCUT2D eigenvalue weighted by molar-refractivity contribution is 5.11. The Bertz CT molecular complexity index is 162. The lowest BCUT2D eigenvalue weighted by atomic mass is 10.1. The third kappa shape index (κ3) is 1.21. The van der Waals surface area contributed by atoms with Crippen LogP contribution in [0.3, 0.4) is 0 Å². The third-order valence-electron chi connectivity index (χ3n) is 2.77. The zero-order valence-corrected chi connectivity index (χ0v) is 7.05. The van der Waals surface area contributed by atoms with Crippen molar-refractivity contribution in [3.8, 4) is 0 Å². The van der Waals surface area contributed by atoms with Gasteiger partial charge >= 0.3 is 0 Å². The third-order valence-corrected chi connectivity index (χ3v) is 2.77. The summed E-state index contributed by atoms with van der Waals surface area (Å²) in [5.41, 5.74) is 1.39. The average molecular weight is 153 g/mol. The van der Waals surface area contributed by atoms with E-state index in [-0.39, 0.29) is 0 Å². The van der Waals surface area contributed by atoms with Crippen LogP contribution in [0.2, 0.25) is 0 Å². The summed E-state index contributed by atoms with van der Waals surface area (Å²) in [5.74, 6) is 0. The first-order chi connectivity index (χ1) is 5.29. The second-order valence-electron chi connectivity index (χ2n) is 3.63. The molecule has 2 heteroatoms. The molecule has 62 valence electrons. The van der Waals surface area contributed by atoms with Crippen molar-refractivity contribution < 1.29 is 4.74 Å². The summed E-state index contributed by atoms with van der Waals surface area (Å²) >= 11 is 0. The van der Waals surface area contributed by atoms with Crippen LogP contribution in [0.15, 0.2) is 12.2 Å². The Morgan fingerprint density at radius 2 is 2.45 bits per heavy atom. The molecular formula is C9H15NO. The van der Waals surface area contributed by atoms with Crippen molar-refractivity contribution in [2.45, 2.75) is 25.0 Å². The maximum Gasteiger partial charge on any atom is 0.0713 e. The van der Waals surface area contributed by atoms with Crippen molar-refractivity contribution >= 4 is 0 Å². The van der Waals surface area contributed by atoms with Crippen LogP contribution in [-0.2, 0) is 4.74 Å². The van der Waals surface area contributed by atoms with E-state index in [0.717, 1.165) is 19.1 Å². The lowest BCUT2D eigenvalue weighted by Gasteiger charge is -2.11. The van der Waals surface area contributed by atoms with Crippen molar-refractivity contribution in [2.75, 3.05) is 20.2 Å². The SMILES string of the molecule is C=C1C[C@@H]2C[C@@H](OC)CN2C1. The summed E-state index contributed by atoms with van der Waals surface area (Å²) in [7, 11) is 1.81. The quantitative estimate of drug-likeness (QED) is 0.522. The van der Waals surface area contributed by atoms with E-state index < -0.39 is 0 Å². The molecule has 2 atom stereocenters. The van der Waals surface area contributed by atoms with Gasteiger partial charge in [-0.15, -0.1) is 0 Å². The van der Waals surface area contributed by atoms with Gasteiger partial charge in [-0.1, -0.05) is 12.2 Å². The topological polar surface area (TPSA) is 12.5 Å². The Labute approximate surface area is 67.8 Å². The van der Waals surface area contributed by atoms with Crippen LogP contribution in [0.4, 0.5) is 0 Å². The van der Waals surface area contributed by atoms with Gasteiger partial charge in [-0.05, 0) is 12.8 Å². The van der Waals surface area contributed by atoms with Crippen LogP contribution in [0.1, 0.15) is 12.8 Å². The van der Waals surface area contributed by atoms with Crippen molar-refractivity contribution in [2.24, 2.45) is 0 Å². The molecule has 0 amide bonds. The van der Waals surface area contributed by atoms with Gasteiger partial charge in [0.1, 0.15) is 0 Å². The molecule has 0 bridgehead atoms. The van der Waals surface area contributed by atoms with Crippen LogP contribution in [0, 0.1) is 0 Å². The highest BCUT2D eigenvalue weighted by atomic mass is 16.5. The van der Waals surface area contributed by atoms with Gasteiger partial charge in [0, 0.05) is 26.2 Å². The van der Waals surface area contributed by atoms with E-state index in [9.17, 15) is 0 Å². The summed E-state index contributed by atoms with van der Waals surface area (Å²) in [6.07, 6.45) is 2.88. The first kappa shape index (κ1) is 7.32. The fourth-order valence-corrected chi connectivity index (χ4v) is 2.20. The van der Waals surface area contributed by atoms with E-state index in [0.29, 0.717) is 6.10 Å². The summed E-state index contributed by atoms with van der Waals surface area (Å²) in [6.45, 7) is 6.22. The Morgan fingerprint density at radius 3 is 3.09 bits per heavy atom. The van der Waals surface area contributed by atoms with Crippen LogP contribution in [0.5, 0.6) is 0 Å². The molecule has 2 nitrogen and oxygen atoms in total. The average Bonchev–Trinajstić information content (AvgIpc) is 2.43. The minimum absolute atomic E-state index is 0.480. The predicted octanol–water partition coefficient (Wildman–Crippen LogP) is 1.04. The molecule has 2 saturated heterocycles. The summed E-state index contributed by atoms with van der Waals surface area (Å²) < 4.78 is 5.31. The molecule has 0 spiro atoms. The van der Waals surface area contributed by atoms with Gasteiger partial charge in [-0.25, -0.2) is 0 Å². The molecule has 0 radical (unpaired) electrons. The fourth-order valence-electron chi connectivity index (χ4n) is 2.20. The number of rotatable bonds is 1. The van der Waals surface area contributed by atoms with Crippen molar-refractivity contribution in [1.29, 1.82) is 0 Å². The zero-order chi connectivity index (χ0) is 7.84. The van der Waals surface area contributed by atoms with Gasteiger partial charge in [0.2, 0.25) is 0 Å². The van der Waals surface area contributed by atoms with Gasteiger partial charge in [0.15, 0.2) is 0 Å². The summed E-state index contributed by atoms with van der Waals surface area (Å²) in [5, 5.41) is 0. The molecule has 0 saturated carbocycles. The molecular weight excluding hydrogens is 138 g/mol. The van der Waals surface area contributed by atoms with E-state index in [1.165, 1.54) is 18.4 Å². The first-order valence-electron chi connectivity index (χ1n) is 4.23. The smallest absolute Gasteiger partial charge is 0.0713 e. The maximum atomic E-state index is 5.31. The van der Waals surface area contributed by atoms with Crippen LogP contribution in [-0.4, -0.2) is 37.2 Å². The van der Waals surface area contributed by atoms with Gasteiger partial charge in [-0.3, -0.25) is 4.90 Å². The van der Waals surface area contributed by atoms with E-state index in [1.54, 1.807) is 0 Å². The van der Waals surface area contributed by atoms with Gasteiger partial charge < -0.3 is 4.74 Å². The fraction of sp³-hybridized carbons (Fsp3) is 0.778. The number of hydrogen-bond donors (Lipinski definition) is 0. The highest BCUT2D eigenvalue weighted by Gasteiger charge is 2.36. The summed E-state index contributed by atoms with van der Waals surface area (Å²) in [4.78, 5) is 2.48. The number of ether oxygens (including phenoxy) is 1. The van der Waals surface area contributed by atoms with Gasteiger partial charge in [0.25, 0.3) is 0 Å². The molecule has 2 fully saturated rings. The van der Waals surface area contributed by atoms with E-state index in [4.69, 9.17) is 4.74 Å². The minimum atomic E-state index is 0.480. The molecule has 0 aromatic carbocycles. The second kappa shape index (κ2) is 2.61. The van der Waals surface area contributed by atoms with E-state index in [1.807, 2.05) is 7.11 Å². The van der Waals surface area contributed by atoms with Crippen molar-refractivity contribution in [3.63, 3.8) is 0 Å². The molecule has 11 heavy (non-hydrogen) atoms. The van der Waals surface area contributed by atoms with E-state index >= 15 is 0 Å². The van der Waals surface area contributed by atoms with Gasteiger partial charge in [-0.2, -0.15) is 0 Å². The maximum absolute atomic E-state index is 5.31. The molecule has 0 unspecified atom stereocenters. The Morgan fingerprint density at radius 1 is 1.64 bits per heavy atom. The lowest BCUT2D eigenvalue weighted by Crippen LogP contribution is -2.23. The number of methoxy groups -OCH3 is 1. The van der Waals surface area contributed by atoms with Crippen LogP contribution >= 0.6 is 0 Å². The Kier molecular flexibility index (Phi) is 1.74. The number of nitrogens with zero attached hydrogens (tertiary/aromatic N) is 1. The molecule has 0 aliphatic carbocycles. The molecule has 2 heterocycles. The molecule has 2 aliphatic heterocycles. The first-order valence-corrected chi connectivity index (χ1v) is 4.23. The minimum Gasteiger partial charge on any atom is -0.380 e. The standard InChI is InChI=1S/C9H15NO/c1-7-3-8-4-9(11-2)6-10(8)5-7/h8-9H,1,3-6H2,2H3/t8-,9-/m1/s1. The highest BCUT2D eigenvalue weighted by Crippen LogP contribution is 2.30. The second-order valence-corrected chi connectivity index (χ2v) is 3.63. The molecule has 2 rings (SSSR count). The molecule has 0 aromatic rings. The van der Waals surface area contributed by atoms with Gasteiger partial charge in [0.05, 0.1) is 6.10 Å². The predicted molar refractivity (Wildman–Crippen MR) is 44.5 cm³/mol. The molecule has 0 N–H and O–H groups in total. The van der Waals surface area contributed by atoms with Crippen molar-refractivity contribution in [3.05, 3.63) is 12.2 Å². The lowest BCUT2D eigenvalue weighted by molar-refractivity contribution is 0.109. The Balaban J connectivity index is 1.98. The monoisotopic (exact) mass is 153 g/mol. The zero-order valence-electron chi connectivity index (χ0n) is 7.05. The number of fused-ring (bicyclic) bond motifs is 1. The Hall–Kier alpha value is -0.340. The molecule has 0 aromatic heterocycles.